The number of hydrogen-bond donors (Lipinski definition) is 1. The minimum atomic E-state index is 0.128. The Balaban J connectivity index is 2.94. The van der Waals surface area contributed by atoms with Gasteiger partial charge in [0.05, 0.1) is 0 Å². The van der Waals surface area contributed by atoms with Gasteiger partial charge in [0.2, 0.25) is 0 Å². The molecule has 0 fully saturated rings. The molecule has 0 atom stereocenters. The number of hydrogen-bond acceptors (Lipinski definition) is 1. The van der Waals surface area contributed by atoms with E-state index in [-0.39, 0.29) is 5.56 Å². The molecule has 1 heterocycles. The highest BCUT2D eigenvalue weighted by atomic mass is 16.1. The molecule has 0 aliphatic rings. The number of aromatic amines is 1. The Labute approximate surface area is 78.8 Å². The summed E-state index contributed by atoms with van der Waals surface area (Å²) >= 11 is 0. The quantitative estimate of drug-likeness (QED) is 0.762. The molecule has 1 N–H and O–H groups in total. The molecule has 3 nitrogen and oxygen atoms in total. The molecule has 0 bridgehead atoms. The van der Waals surface area contributed by atoms with Crippen molar-refractivity contribution < 1.29 is 0 Å². The number of aromatic nitrogens is 2. The van der Waals surface area contributed by atoms with Crippen LogP contribution in [-0.2, 0) is 6.54 Å². The van der Waals surface area contributed by atoms with E-state index in [4.69, 9.17) is 0 Å². The van der Waals surface area contributed by atoms with Gasteiger partial charge < -0.3 is 5.10 Å². The van der Waals surface area contributed by atoms with E-state index in [1.54, 1.807) is 4.68 Å². The van der Waals surface area contributed by atoms with Crippen LogP contribution < -0.4 is 5.56 Å². The highest BCUT2D eigenvalue weighted by Gasteiger charge is 2.09. The number of nitrogens with zero attached hydrogens (tertiary/aromatic N) is 1. The molecule has 0 radical (unpaired) electrons. The molecule has 1 aromatic rings. The zero-order valence-corrected chi connectivity index (χ0v) is 8.79. The van der Waals surface area contributed by atoms with Crippen LogP contribution in [0.4, 0.5) is 0 Å². The maximum Gasteiger partial charge on any atom is 0.269 e. The second-order valence-corrected chi connectivity index (χ2v) is 4.19. The van der Waals surface area contributed by atoms with Crippen molar-refractivity contribution in [3.63, 3.8) is 0 Å². The van der Waals surface area contributed by atoms with E-state index >= 15 is 0 Å². The summed E-state index contributed by atoms with van der Waals surface area (Å²) in [5.41, 5.74) is 1.00. The third kappa shape index (κ3) is 2.23. The molecule has 3 heteroatoms. The summed E-state index contributed by atoms with van der Waals surface area (Å²) < 4.78 is 1.68. The fourth-order valence-corrected chi connectivity index (χ4v) is 1.34. The third-order valence-corrected chi connectivity index (χ3v) is 2.04. The van der Waals surface area contributed by atoms with Gasteiger partial charge in [0.15, 0.2) is 0 Å². The molecule has 0 saturated heterocycles. The second-order valence-electron chi connectivity index (χ2n) is 4.19. The topological polar surface area (TPSA) is 37.8 Å². The van der Waals surface area contributed by atoms with E-state index in [0.717, 1.165) is 12.1 Å². The van der Waals surface area contributed by atoms with Gasteiger partial charge in [0.25, 0.3) is 5.56 Å². The van der Waals surface area contributed by atoms with Crippen molar-refractivity contribution in [1.82, 2.24) is 9.78 Å². The Morgan fingerprint density at radius 1 is 1.38 bits per heavy atom. The maximum atomic E-state index is 11.7. The third-order valence-electron chi connectivity index (χ3n) is 2.04. The lowest BCUT2D eigenvalue weighted by Crippen LogP contribution is -2.22. The molecule has 1 aromatic heterocycles. The lowest BCUT2D eigenvalue weighted by molar-refractivity contribution is 0.472. The zero-order chi connectivity index (χ0) is 10.0. The van der Waals surface area contributed by atoms with Crippen molar-refractivity contribution >= 4 is 0 Å². The van der Waals surface area contributed by atoms with Crippen LogP contribution in [0.25, 0.3) is 0 Å². The summed E-state index contributed by atoms with van der Waals surface area (Å²) in [6.07, 6.45) is 1.81. The molecule has 13 heavy (non-hydrogen) atoms. The number of rotatable bonds is 3. The largest absolute Gasteiger partial charge is 0.303 e. The Hall–Kier alpha value is -0.990. The van der Waals surface area contributed by atoms with E-state index in [1.807, 2.05) is 20.0 Å². The first-order valence-electron chi connectivity index (χ1n) is 4.80. The van der Waals surface area contributed by atoms with E-state index in [0.29, 0.717) is 11.8 Å². The Kier molecular flexibility index (Phi) is 2.96. The molecular weight excluding hydrogens is 164 g/mol. The predicted molar refractivity (Wildman–Crippen MR) is 54.0 cm³/mol. The molecule has 0 amide bonds. The molecular formula is C10H18N2O. The van der Waals surface area contributed by atoms with Gasteiger partial charge in [0.1, 0.15) is 0 Å². The molecule has 74 valence electrons. The average molecular weight is 182 g/mol. The second kappa shape index (κ2) is 3.81. The van der Waals surface area contributed by atoms with Gasteiger partial charge in [-0.2, -0.15) is 0 Å². The van der Waals surface area contributed by atoms with E-state index < -0.39 is 0 Å². The minimum absolute atomic E-state index is 0.128. The van der Waals surface area contributed by atoms with Crippen LogP contribution in [0.3, 0.4) is 0 Å². The fraction of sp³-hybridized carbons (Fsp3) is 0.700. The molecule has 1 rings (SSSR count). The first-order valence-corrected chi connectivity index (χ1v) is 4.80. The molecule has 0 aliphatic carbocycles. The van der Waals surface area contributed by atoms with Gasteiger partial charge in [-0.05, 0) is 11.8 Å². The van der Waals surface area contributed by atoms with E-state index in [1.165, 1.54) is 0 Å². The summed E-state index contributed by atoms with van der Waals surface area (Å²) in [5, 5.41) is 2.99. The van der Waals surface area contributed by atoms with E-state index in [9.17, 15) is 4.79 Å². The van der Waals surface area contributed by atoms with Crippen molar-refractivity contribution in [2.75, 3.05) is 0 Å². The fourth-order valence-electron chi connectivity index (χ4n) is 1.34. The molecule has 0 aliphatic heterocycles. The Bertz CT molecular complexity index is 320. The molecule has 0 unspecified atom stereocenters. The van der Waals surface area contributed by atoms with Crippen molar-refractivity contribution in [3.05, 3.63) is 22.1 Å². The lowest BCUT2D eigenvalue weighted by atomic mass is 10.1. The summed E-state index contributed by atoms with van der Waals surface area (Å²) in [4.78, 5) is 11.7. The van der Waals surface area contributed by atoms with Gasteiger partial charge in [-0.3, -0.25) is 9.48 Å². The van der Waals surface area contributed by atoms with Gasteiger partial charge in [-0.15, -0.1) is 0 Å². The highest BCUT2D eigenvalue weighted by Crippen LogP contribution is 2.07. The van der Waals surface area contributed by atoms with Crippen LogP contribution in [0.15, 0.2) is 11.0 Å². The van der Waals surface area contributed by atoms with Crippen LogP contribution >= 0.6 is 0 Å². The van der Waals surface area contributed by atoms with Crippen molar-refractivity contribution in [3.8, 4) is 0 Å². The van der Waals surface area contributed by atoms with Crippen LogP contribution in [0.2, 0.25) is 0 Å². The molecule has 0 spiro atoms. The standard InChI is InChI=1S/C10H18N2O/c1-7(2)6-12-10(13)9(5-11-12)8(3)4/h5,7-8,11H,6H2,1-4H3. The van der Waals surface area contributed by atoms with Gasteiger partial charge in [-0.1, -0.05) is 27.7 Å². The maximum absolute atomic E-state index is 11.7. The Morgan fingerprint density at radius 3 is 2.38 bits per heavy atom. The molecule has 0 aromatic carbocycles. The SMILES string of the molecule is CC(C)Cn1[nH]cc(C(C)C)c1=O. The van der Waals surface area contributed by atoms with Gasteiger partial charge >= 0.3 is 0 Å². The van der Waals surface area contributed by atoms with Gasteiger partial charge in [-0.25, -0.2) is 0 Å². The number of H-pyrrole nitrogens is 1. The lowest BCUT2D eigenvalue weighted by Gasteiger charge is -2.04. The van der Waals surface area contributed by atoms with Crippen LogP contribution in [0.5, 0.6) is 0 Å². The van der Waals surface area contributed by atoms with E-state index in [2.05, 4.69) is 18.9 Å². The van der Waals surface area contributed by atoms with Crippen LogP contribution in [0.1, 0.15) is 39.2 Å². The van der Waals surface area contributed by atoms with Crippen molar-refractivity contribution in [2.45, 2.75) is 40.2 Å². The van der Waals surface area contributed by atoms with Crippen molar-refractivity contribution in [2.24, 2.45) is 5.92 Å². The normalized spacial score (nSPS) is 11.5. The summed E-state index contributed by atoms with van der Waals surface area (Å²) in [7, 11) is 0. The molecule has 0 saturated carbocycles. The first kappa shape index (κ1) is 10.1. The highest BCUT2D eigenvalue weighted by molar-refractivity contribution is 5.09. The zero-order valence-electron chi connectivity index (χ0n) is 8.79. The minimum Gasteiger partial charge on any atom is -0.303 e. The van der Waals surface area contributed by atoms with Gasteiger partial charge in [0, 0.05) is 18.3 Å². The monoisotopic (exact) mass is 182 g/mol. The van der Waals surface area contributed by atoms with Crippen LogP contribution in [0, 0.1) is 5.92 Å². The Morgan fingerprint density at radius 2 is 2.00 bits per heavy atom. The summed E-state index contributed by atoms with van der Waals surface area (Å²) in [6, 6.07) is 0. The smallest absolute Gasteiger partial charge is 0.269 e. The predicted octanol–water partition coefficient (Wildman–Crippen LogP) is 1.96. The summed E-state index contributed by atoms with van der Waals surface area (Å²) in [6.45, 7) is 9.03. The summed E-state index contributed by atoms with van der Waals surface area (Å²) in [5.74, 6) is 0.800. The van der Waals surface area contributed by atoms with Crippen molar-refractivity contribution in [1.29, 1.82) is 0 Å². The first-order chi connectivity index (χ1) is 6.02. The van der Waals surface area contributed by atoms with Crippen LogP contribution in [-0.4, -0.2) is 9.78 Å². The number of nitrogens with one attached hydrogen (secondary N) is 1. The average Bonchev–Trinajstić information content (AvgIpc) is 2.32.